The molecule has 9 nitrogen and oxygen atoms in total. The number of hydrogen-bond acceptors (Lipinski definition) is 6. The fourth-order valence-corrected chi connectivity index (χ4v) is 2.74. The molecule has 0 radical (unpaired) electrons. The quantitative estimate of drug-likeness (QED) is 0.527. The summed E-state index contributed by atoms with van der Waals surface area (Å²) >= 11 is 0. The summed E-state index contributed by atoms with van der Waals surface area (Å²) in [5, 5.41) is 13.9. The number of nitrogens with zero attached hydrogens (tertiary/aromatic N) is 3. The first-order chi connectivity index (χ1) is 12.9. The van der Waals surface area contributed by atoms with Crippen molar-refractivity contribution in [2.45, 2.75) is 13.8 Å². The van der Waals surface area contributed by atoms with E-state index in [1.807, 2.05) is 19.1 Å². The Morgan fingerprint density at radius 3 is 2.74 bits per heavy atom. The second-order valence-electron chi connectivity index (χ2n) is 5.80. The molecule has 0 bridgehead atoms. The molecule has 2 heterocycles. The van der Waals surface area contributed by atoms with Crippen LogP contribution >= 0.6 is 0 Å². The highest BCUT2D eigenvalue weighted by molar-refractivity contribution is 5.93. The predicted octanol–water partition coefficient (Wildman–Crippen LogP) is 3.32. The number of hydrogen-bond donors (Lipinski definition) is 2. The molecule has 0 spiro atoms. The van der Waals surface area contributed by atoms with Crippen LogP contribution in [-0.4, -0.2) is 32.9 Å². The van der Waals surface area contributed by atoms with Gasteiger partial charge in [-0.1, -0.05) is 0 Å². The van der Waals surface area contributed by atoms with Crippen LogP contribution in [0.2, 0.25) is 0 Å². The zero-order valence-electron chi connectivity index (χ0n) is 14.9. The van der Waals surface area contributed by atoms with E-state index >= 15 is 0 Å². The summed E-state index contributed by atoms with van der Waals surface area (Å²) in [4.78, 5) is 34.0. The lowest BCUT2D eigenvalue weighted by molar-refractivity contribution is -0.383. The van der Waals surface area contributed by atoms with Crippen molar-refractivity contribution in [1.82, 2.24) is 15.0 Å². The number of pyridine rings is 1. The van der Waals surface area contributed by atoms with E-state index in [1.165, 1.54) is 26.2 Å². The van der Waals surface area contributed by atoms with Gasteiger partial charge >= 0.3 is 0 Å². The molecule has 0 atom stereocenters. The number of benzene rings is 1. The minimum atomic E-state index is -0.563. The maximum absolute atomic E-state index is 11.5. The van der Waals surface area contributed by atoms with Crippen molar-refractivity contribution in [2.24, 2.45) is 0 Å². The Kier molecular flexibility index (Phi) is 4.84. The van der Waals surface area contributed by atoms with Crippen molar-refractivity contribution < 1.29 is 14.5 Å². The van der Waals surface area contributed by atoms with Crippen molar-refractivity contribution in [3.05, 3.63) is 52.5 Å². The average molecular weight is 367 g/mol. The summed E-state index contributed by atoms with van der Waals surface area (Å²) in [5.74, 6) is 0.345. The van der Waals surface area contributed by atoms with Crippen molar-refractivity contribution in [1.29, 1.82) is 0 Å². The number of aryl methyl sites for hydroxylation is 1. The Labute approximate surface area is 154 Å². The van der Waals surface area contributed by atoms with Gasteiger partial charge in [-0.15, -0.1) is 0 Å². The number of aromatic amines is 1. The molecule has 0 saturated carbocycles. The third-order valence-electron chi connectivity index (χ3n) is 3.92. The van der Waals surface area contributed by atoms with E-state index in [0.29, 0.717) is 22.8 Å². The molecular formula is C18H17N5O4. The molecule has 3 aromatic rings. The van der Waals surface area contributed by atoms with Gasteiger partial charge in [0.05, 0.1) is 29.0 Å². The number of carbonyl (C=O) groups excluding carboxylic acids is 1. The van der Waals surface area contributed by atoms with Crippen LogP contribution in [0.5, 0.6) is 5.75 Å². The number of rotatable bonds is 5. The smallest absolute Gasteiger partial charge is 0.293 e. The zero-order valence-corrected chi connectivity index (χ0v) is 14.9. The Bertz CT molecular complexity index is 1010. The van der Waals surface area contributed by atoms with E-state index in [1.54, 1.807) is 12.4 Å². The van der Waals surface area contributed by atoms with E-state index in [-0.39, 0.29) is 11.4 Å². The third kappa shape index (κ3) is 3.61. The fraction of sp³-hybridized carbons (Fsp3) is 0.167. The molecule has 0 aliphatic heterocycles. The van der Waals surface area contributed by atoms with Gasteiger partial charge in [0.1, 0.15) is 17.3 Å². The van der Waals surface area contributed by atoms with Gasteiger partial charge in [0, 0.05) is 37.0 Å². The summed E-state index contributed by atoms with van der Waals surface area (Å²) in [6.45, 7) is 3.11. The number of nitrogens with one attached hydrogen (secondary N) is 2. The topological polar surface area (TPSA) is 123 Å². The van der Waals surface area contributed by atoms with Gasteiger partial charge in [0.15, 0.2) is 0 Å². The van der Waals surface area contributed by atoms with Crippen molar-refractivity contribution in [2.75, 3.05) is 12.4 Å². The summed E-state index contributed by atoms with van der Waals surface area (Å²) in [7, 11) is 1.44. The summed E-state index contributed by atoms with van der Waals surface area (Å²) in [5.41, 5.74) is 2.54. The van der Waals surface area contributed by atoms with E-state index < -0.39 is 10.8 Å². The van der Waals surface area contributed by atoms with Crippen LogP contribution in [-0.2, 0) is 4.79 Å². The minimum Gasteiger partial charge on any atom is -0.496 e. The molecule has 1 amide bonds. The molecule has 3 rings (SSSR count). The van der Waals surface area contributed by atoms with E-state index in [9.17, 15) is 14.9 Å². The van der Waals surface area contributed by atoms with Gasteiger partial charge in [0.25, 0.3) is 5.69 Å². The van der Waals surface area contributed by atoms with Gasteiger partial charge in [-0.2, -0.15) is 0 Å². The number of H-pyrrole nitrogens is 1. The van der Waals surface area contributed by atoms with Gasteiger partial charge in [-0.25, -0.2) is 4.98 Å². The normalized spacial score (nSPS) is 10.5. The number of nitro groups is 1. The minimum absolute atomic E-state index is 0.0591. The molecule has 138 valence electrons. The Hall–Kier alpha value is -3.75. The highest BCUT2D eigenvalue weighted by Gasteiger charge is 2.23. The number of ether oxygens (including phenoxy) is 1. The van der Waals surface area contributed by atoms with Gasteiger partial charge in [-0.05, 0) is 19.1 Å². The Morgan fingerprint density at radius 2 is 2.15 bits per heavy atom. The van der Waals surface area contributed by atoms with E-state index in [0.717, 1.165) is 11.3 Å². The van der Waals surface area contributed by atoms with Crippen molar-refractivity contribution in [3.8, 4) is 28.4 Å². The second-order valence-corrected chi connectivity index (χ2v) is 5.80. The summed E-state index contributed by atoms with van der Waals surface area (Å²) in [6, 6.07) is 6.44. The lowest BCUT2D eigenvalue weighted by Crippen LogP contribution is -2.08. The number of methoxy groups -OCH3 is 1. The SMILES string of the molecule is COc1cc(NC(C)=O)c([N+](=O)[O-])cc1-c1nc(C)c(-c2cccnc2)[nH]1. The van der Waals surface area contributed by atoms with E-state index in [2.05, 4.69) is 20.3 Å². The molecule has 0 unspecified atom stereocenters. The summed E-state index contributed by atoms with van der Waals surface area (Å²) in [6.07, 6.45) is 3.37. The number of amides is 1. The molecule has 0 aliphatic carbocycles. The second kappa shape index (κ2) is 7.24. The van der Waals surface area contributed by atoms with Crippen LogP contribution in [0.3, 0.4) is 0 Å². The number of imidazole rings is 1. The van der Waals surface area contributed by atoms with Crippen LogP contribution in [0.4, 0.5) is 11.4 Å². The fourth-order valence-electron chi connectivity index (χ4n) is 2.74. The lowest BCUT2D eigenvalue weighted by Gasteiger charge is -2.10. The molecule has 0 saturated heterocycles. The van der Waals surface area contributed by atoms with Crippen LogP contribution in [0, 0.1) is 17.0 Å². The van der Waals surface area contributed by atoms with Crippen LogP contribution < -0.4 is 10.1 Å². The molecule has 9 heteroatoms. The highest BCUT2D eigenvalue weighted by Crippen LogP contribution is 2.38. The number of carbonyl (C=O) groups is 1. The third-order valence-corrected chi connectivity index (χ3v) is 3.92. The van der Waals surface area contributed by atoms with Crippen molar-refractivity contribution in [3.63, 3.8) is 0 Å². The van der Waals surface area contributed by atoms with Gasteiger partial charge in [-0.3, -0.25) is 19.9 Å². The van der Waals surface area contributed by atoms with E-state index in [4.69, 9.17) is 4.74 Å². The predicted molar refractivity (Wildman–Crippen MR) is 99.5 cm³/mol. The zero-order chi connectivity index (χ0) is 19.6. The average Bonchev–Trinajstić information content (AvgIpc) is 3.02. The van der Waals surface area contributed by atoms with Crippen LogP contribution in [0.1, 0.15) is 12.6 Å². The first kappa shape index (κ1) is 18.1. The maximum atomic E-state index is 11.5. The molecule has 1 aromatic carbocycles. The molecule has 2 N–H and O–H groups in total. The largest absolute Gasteiger partial charge is 0.496 e. The van der Waals surface area contributed by atoms with Crippen LogP contribution in [0.15, 0.2) is 36.7 Å². The molecule has 0 aliphatic rings. The summed E-state index contributed by atoms with van der Waals surface area (Å²) < 4.78 is 5.37. The molecule has 0 fully saturated rings. The van der Waals surface area contributed by atoms with Gasteiger partial charge < -0.3 is 15.0 Å². The highest BCUT2D eigenvalue weighted by atomic mass is 16.6. The first-order valence-corrected chi connectivity index (χ1v) is 8.02. The monoisotopic (exact) mass is 367 g/mol. The maximum Gasteiger partial charge on any atom is 0.293 e. The molecule has 2 aromatic heterocycles. The lowest BCUT2D eigenvalue weighted by atomic mass is 10.1. The van der Waals surface area contributed by atoms with Gasteiger partial charge in [0.2, 0.25) is 5.91 Å². The number of nitro benzene ring substituents is 1. The number of aromatic nitrogens is 3. The Balaban J connectivity index is 2.15. The standard InChI is InChI=1S/C18H17N5O4/c1-10-17(12-5-4-6-19-9-12)22-18(20-10)13-7-15(23(25)26)14(21-11(2)24)8-16(13)27-3/h4-9H,1-3H3,(H,20,22)(H,21,24). The molecular weight excluding hydrogens is 350 g/mol. The number of anilines is 1. The molecule has 27 heavy (non-hydrogen) atoms. The van der Waals surface area contributed by atoms with Crippen molar-refractivity contribution >= 4 is 17.3 Å². The van der Waals surface area contributed by atoms with Crippen LogP contribution in [0.25, 0.3) is 22.6 Å². The Morgan fingerprint density at radius 1 is 1.37 bits per heavy atom. The first-order valence-electron chi connectivity index (χ1n) is 8.02.